The van der Waals surface area contributed by atoms with Gasteiger partial charge in [-0.3, -0.25) is 4.79 Å². The second-order valence-electron chi connectivity index (χ2n) is 5.93. The molecule has 0 amide bonds. The Kier molecular flexibility index (Phi) is 5.10. The summed E-state index contributed by atoms with van der Waals surface area (Å²) < 4.78 is 12.4. The third kappa shape index (κ3) is 3.73. The van der Waals surface area contributed by atoms with Crippen molar-refractivity contribution in [2.75, 3.05) is 7.11 Å². The summed E-state index contributed by atoms with van der Waals surface area (Å²) in [6.07, 6.45) is 5.17. The highest BCUT2D eigenvalue weighted by Gasteiger charge is 2.29. The minimum Gasteiger partial charge on any atom is -0.490 e. The normalized spacial score (nSPS) is 20.6. The highest BCUT2D eigenvalue weighted by molar-refractivity contribution is 5.72. The number of aromatic nitrogens is 3. The van der Waals surface area contributed by atoms with Gasteiger partial charge in [-0.2, -0.15) is 0 Å². The van der Waals surface area contributed by atoms with Crippen LogP contribution in [0.4, 0.5) is 0 Å². The number of benzene rings is 1. The zero-order valence-corrected chi connectivity index (χ0v) is 13.6. The SMILES string of the molecule is COC(=O)C1CCCC(Oc2ccc(-n3cc(CO)nn3)cc2)C1. The summed E-state index contributed by atoms with van der Waals surface area (Å²) in [4.78, 5) is 11.7. The van der Waals surface area contributed by atoms with Crippen LogP contribution in [0.2, 0.25) is 0 Å². The van der Waals surface area contributed by atoms with E-state index in [0.29, 0.717) is 12.1 Å². The molecule has 7 heteroatoms. The number of hydrogen-bond acceptors (Lipinski definition) is 6. The zero-order valence-electron chi connectivity index (χ0n) is 13.6. The van der Waals surface area contributed by atoms with Gasteiger partial charge >= 0.3 is 5.97 Å². The molecular formula is C17H21N3O4. The van der Waals surface area contributed by atoms with Gasteiger partial charge in [-0.05, 0) is 49.9 Å². The first-order chi connectivity index (χ1) is 11.7. The van der Waals surface area contributed by atoms with Gasteiger partial charge in [-0.1, -0.05) is 5.21 Å². The molecule has 2 unspecified atom stereocenters. The highest BCUT2D eigenvalue weighted by Crippen LogP contribution is 2.29. The lowest BCUT2D eigenvalue weighted by molar-refractivity contribution is -0.147. The van der Waals surface area contributed by atoms with Crippen LogP contribution in [0, 0.1) is 5.92 Å². The van der Waals surface area contributed by atoms with E-state index in [0.717, 1.165) is 30.7 Å². The molecule has 0 aliphatic heterocycles. The molecule has 1 aromatic heterocycles. The predicted octanol–water partition coefficient (Wildman–Crippen LogP) is 1.87. The van der Waals surface area contributed by atoms with E-state index in [9.17, 15) is 4.79 Å². The van der Waals surface area contributed by atoms with Crippen molar-refractivity contribution in [1.29, 1.82) is 0 Å². The molecule has 1 N–H and O–H groups in total. The van der Waals surface area contributed by atoms with Crippen LogP contribution in [-0.4, -0.2) is 39.3 Å². The fourth-order valence-corrected chi connectivity index (χ4v) is 3.00. The first kappa shape index (κ1) is 16.4. The number of carbonyl (C=O) groups excluding carboxylic acids is 1. The molecule has 7 nitrogen and oxygen atoms in total. The number of hydrogen-bond donors (Lipinski definition) is 1. The average molecular weight is 331 g/mol. The van der Waals surface area contributed by atoms with Gasteiger partial charge in [-0.25, -0.2) is 4.68 Å². The first-order valence-electron chi connectivity index (χ1n) is 8.06. The van der Waals surface area contributed by atoms with Crippen molar-refractivity contribution < 1.29 is 19.4 Å². The Morgan fingerprint density at radius 3 is 2.79 bits per heavy atom. The molecular weight excluding hydrogens is 310 g/mol. The largest absolute Gasteiger partial charge is 0.490 e. The number of carbonyl (C=O) groups is 1. The van der Waals surface area contributed by atoms with Gasteiger partial charge in [0.15, 0.2) is 0 Å². The molecule has 1 fully saturated rings. The Morgan fingerprint density at radius 2 is 2.12 bits per heavy atom. The summed E-state index contributed by atoms with van der Waals surface area (Å²) in [6, 6.07) is 7.51. The summed E-state index contributed by atoms with van der Waals surface area (Å²) in [7, 11) is 1.43. The van der Waals surface area contributed by atoms with E-state index in [1.807, 2.05) is 24.3 Å². The summed E-state index contributed by atoms with van der Waals surface area (Å²) in [6.45, 7) is -0.135. The Morgan fingerprint density at radius 1 is 1.33 bits per heavy atom. The minimum absolute atomic E-state index is 0.0288. The molecule has 1 saturated carbocycles. The Balaban J connectivity index is 1.62. The summed E-state index contributed by atoms with van der Waals surface area (Å²) >= 11 is 0. The van der Waals surface area contributed by atoms with Gasteiger partial charge in [-0.15, -0.1) is 5.10 Å². The average Bonchev–Trinajstić information content (AvgIpc) is 3.11. The molecule has 1 heterocycles. The number of aliphatic hydroxyl groups excluding tert-OH is 1. The van der Waals surface area contributed by atoms with Gasteiger partial charge in [0, 0.05) is 0 Å². The van der Waals surface area contributed by atoms with Crippen molar-refractivity contribution in [2.45, 2.75) is 38.4 Å². The van der Waals surface area contributed by atoms with E-state index >= 15 is 0 Å². The van der Waals surface area contributed by atoms with E-state index in [2.05, 4.69) is 10.3 Å². The molecule has 24 heavy (non-hydrogen) atoms. The molecule has 0 bridgehead atoms. The van der Waals surface area contributed by atoms with E-state index in [4.69, 9.17) is 14.6 Å². The maximum atomic E-state index is 11.7. The van der Waals surface area contributed by atoms with Crippen molar-refractivity contribution in [3.05, 3.63) is 36.2 Å². The second kappa shape index (κ2) is 7.44. The Labute approximate surface area is 140 Å². The summed E-state index contributed by atoms with van der Waals surface area (Å²) in [5.74, 6) is 0.543. The summed E-state index contributed by atoms with van der Waals surface area (Å²) in [5.41, 5.74) is 1.36. The van der Waals surface area contributed by atoms with Gasteiger partial charge in [0.05, 0.1) is 37.6 Å². The van der Waals surface area contributed by atoms with Crippen molar-refractivity contribution in [1.82, 2.24) is 15.0 Å². The lowest BCUT2D eigenvalue weighted by Crippen LogP contribution is -2.30. The first-order valence-corrected chi connectivity index (χ1v) is 8.06. The topological polar surface area (TPSA) is 86.5 Å². The van der Waals surface area contributed by atoms with Crippen molar-refractivity contribution in [3.8, 4) is 11.4 Å². The van der Waals surface area contributed by atoms with E-state index in [-0.39, 0.29) is 24.6 Å². The summed E-state index contributed by atoms with van der Waals surface area (Å²) in [5, 5.41) is 16.8. The van der Waals surface area contributed by atoms with Crippen molar-refractivity contribution in [3.63, 3.8) is 0 Å². The number of nitrogens with zero attached hydrogens (tertiary/aromatic N) is 3. The van der Waals surface area contributed by atoms with Crippen molar-refractivity contribution in [2.24, 2.45) is 5.92 Å². The molecule has 0 radical (unpaired) electrons. The number of rotatable bonds is 5. The number of aliphatic hydroxyl groups is 1. The zero-order chi connectivity index (χ0) is 16.9. The molecule has 3 rings (SSSR count). The highest BCUT2D eigenvalue weighted by atomic mass is 16.5. The monoisotopic (exact) mass is 331 g/mol. The molecule has 2 aromatic rings. The van der Waals surface area contributed by atoms with E-state index < -0.39 is 0 Å². The number of esters is 1. The van der Waals surface area contributed by atoms with Crippen LogP contribution in [0.3, 0.4) is 0 Å². The Hall–Kier alpha value is -2.41. The smallest absolute Gasteiger partial charge is 0.308 e. The van der Waals surface area contributed by atoms with Crippen LogP contribution in [0.25, 0.3) is 5.69 Å². The minimum atomic E-state index is -0.149. The van der Waals surface area contributed by atoms with Crippen LogP contribution >= 0.6 is 0 Å². The molecule has 0 saturated heterocycles. The quantitative estimate of drug-likeness (QED) is 0.842. The van der Waals surface area contributed by atoms with Gasteiger partial charge in [0.1, 0.15) is 11.4 Å². The van der Waals surface area contributed by atoms with Crippen LogP contribution < -0.4 is 4.74 Å². The molecule has 0 spiro atoms. The maximum Gasteiger partial charge on any atom is 0.308 e. The van der Waals surface area contributed by atoms with Crippen molar-refractivity contribution >= 4 is 5.97 Å². The van der Waals surface area contributed by atoms with Crippen LogP contribution in [0.15, 0.2) is 30.5 Å². The van der Waals surface area contributed by atoms with E-state index in [1.165, 1.54) is 7.11 Å². The van der Waals surface area contributed by atoms with Gasteiger partial charge in [0.25, 0.3) is 0 Å². The number of methoxy groups -OCH3 is 1. The predicted molar refractivity (Wildman–Crippen MR) is 85.7 cm³/mol. The molecule has 1 aliphatic rings. The Bertz CT molecular complexity index is 683. The standard InChI is InChI=1S/C17H21N3O4/c1-23-17(22)12-3-2-4-16(9-12)24-15-7-5-14(6-8-15)20-10-13(11-21)18-19-20/h5-8,10,12,16,21H,2-4,9,11H2,1H3. The third-order valence-electron chi connectivity index (χ3n) is 4.27. The lowest BCUT2D eigenvalue weighted by atomic mass is 9.87. The van der Waals surface area contributed by atoms with Crippen LogP contribution in [0.5, 0.6) is 5.75 Å². The van der Waals surface area contributed by atoms with E-state index in [1.54, 1.807) is 10.9 Å². The molecule has 1 aliphatic carbocycles. The fourth-order valence-electron chi connectivity index (χ4n) is 3.00. The molecule has 1 aromatic carbocycles. The van der Waals surface area contributed by atoms with Crippen LogP contribution in [0.1, 0.15) is 31.4 Å². The second-order valence-corrected chi connectivity index (χ2v) is 5.93. The molecule has 2 atom stereocenters. The molecule has 128 valence electrons. The maximum absolute atomic E-state index is 11.7. The third-order valence-corrected chi connectivity index (χ3v) is 4.27. The van der Waals surface area contributed by atoms with Gasteiger partial charge in [0.2, 0.25) is 0 Å². The van der Waals surface area contributed by atoms with Gasteiger partial charge < -0.3 is 14.6 Å². The lowest BCUT2D eigenvalue weighted by Gasteiger charge is -2.28. The number of ether oxygens (including phenoxy) is 2. The van der Waals surface area contributed by atoms with Crippen LogP contribution in [-0.2, 0) is 16.1 Å². The fraction of sp³-hybridized carbons (Fsp3) is 0.471.